The second kappa shape index (κ2) is 10.7. The number of halogens is 1. The molecule has 34 heavy (non-hydrogen) atoms. The first-order valence-corrected chi connectivity index (χ1v) is 11.6. The standard InChI is InChI=1S/C26H31FN4O3/c1-18(2)28-26(32)31(16-20-12-9-15-33-20)17-21-24(19-10-5-4-6-11-19)29-30(3)25(21)34-23-14-8-7-13-22(23)27/h4-8,10-11,13-14,18,20H,9,12,15-17H2,1-3H3,(H,28,32)/t20-/m0/s1. The summed E-state index contributed by atoms with van der Waals surface area (Å²) in [5.74, 6) is 0.0204. The Balaban J connectivity index is 1.74. The Morgan fingerprint density at radius 2 is 1.97 bits per heavy atom. The fraction of sp³-hybridized carbons (Fsp3) is 0.385. The highest BCUT2D eigenvalue weighted by atomic mass is 19.1. The molecule has 7 nitrogen and oxygen atoms in total. The minimum absolute atomic E-state index is 0.0175. The van der Waals surface area contributed by atoms with E-state index in [1.807, 2.05) is 44.2 Å². The van der Waals surface area contributed by atoms with Gasteiger partial charge in [0.05, 0.1) is 18.2 Å². The SMILES string of the molecule is CC(C)NC(=O)N(Cc1c(-c2ccccc2)nn(C)c1Oc1ccccc1F)C[C@@H]1CCCO1. The Hall–Kier alpha value is -3.39. The number of hydrogen-bond acceptors (Lipinski definition) is 4. The number of urea groups is 1. The molecule has 0 bridgehead atoms. The third kappa shape index (κ3) is 5.56. The molecular weight excluding hydrogens is 435 g/mol. The Morgan fingerprint density at radius 3 is 2.65 bits per heavy atom. The van der Waals surface area contributed by atoms with Crippen molar-refractivity contribution in [2.75, 3.05) is 13.2 Å². The molecule has 1 aliphatic rings. The van der Waals surface area contributed by atoms with Crippen LogP contribution in [0.25, 0.3) is 11.3 Å². The summed E-state index contributed by atoms with van der Waals surface area (Å²) >= 11 is 0. The highest BCUT2D eigenvalue weighted by Gasteiger charge is 2.28. The maximum absolute atomic E-state index is 14.4. The fourth-order valence-corrected chi connectivity index (χ4v) is 4.06. The summed E-state index contributed by atoms with van der Waals surface area (Å²) in [6, 6.07) is 15.8. The van der Waals surface area contributed by atoms with Gasteiger partial charge in [-0.15, -0.1) is 0 Å². The molecule has 0 aliphatic carbocycles. The Kier molecular flexibility index (Phi) is 7.47. The largest absolute Gasteiger partial charge is 0.436 e. The zero-order chi connectivity index (χ0) is 24.1. The van der Waals surface area contributed by atoms with Gasteiger partial charge < -0.3 is 19.7 Å². The number of aryl methyl sites for hydroxylation is 1. The molecule has 180 valence electrons. The van der Waals surface area contributed by atoms with Crippen molar-refractivity contribution < 1.29 is 18.7 Å². The first-order chi connectivity index (χ1) is 16.4. The van der Waals surface area contributed by atoms with Crippen LogP contribution in [0.3, 0.4) is 0 Å². The Morgan fingerprint density at radius 1 is 1.24 bits per heavy atom. The van der Waals surface area contributed by atoms with Gasteiger partial charge in [-0.3, -0.25) is 0 Å². The maximum Gasteiger partial charge on any atom is 0.317 e. The van der Waals surface area contributed by atoms with E-state index in [4.69, 9.17) is 14.6 Å². The fourth-order valence-electron chi connectivity index (χ4n) is 4.06. The molecule has 0 radical (unpaired) electrons. The van der Waals surface area contributed by atoms with Gasteiger partial charge in [-0.2, -0.15) is 5.10 Å². The molecule has 4 rings (SSSR count). The maximum atomic E-state index is 14.4. The molecule has 2 amide bonds. The molecule has 2 aromatic carbocycles. The monoisotopic (exact) mass is 466 g/mol. The van der Waals surface area contributed by atoms with Gasteiger partial charge in [-0.1, -0.05) is 42.5 Å². The van der Waals surface area contributed by atoms with E-state index < -0.39 is 5.82 Å². The molecule has 1 fully saturated rings. The van der Waals surface area contributed by atoms with Crippen LogP contribution in [-0.4, -0.2) is 46.0 Å². The quantitative estimate of drug-likeness (QED) is 0.501. The van der Waals surface area contributed by atoms with Gasteiger partial charge in [-0.05, 0) is 38.8 Å². The summed E-state index contributed by atoms with van der Waals surface area (Å²) in [7, 11) is 1.75. The lowest BCUT2D eigenvalue weighted by Crippen LogP contribution is -2.45. The minimum Gasteiger partial charge on any atom is -0.436 e. The average Bonchev–Trinajstić information content (AvgIpc) is 3.43. The molecule has 1 N–H and O–H groups in total. The number of para-hydroxylation sites is 1. The normalized spacial score (nSPS) is 15.5. The van der Waals surface area contributed by atoms with E-state index in [-0.39, 0.29) is 30.5 Å². The number of carbonyl (C=O) groups is 1. The molecule has 2 heterocycles. The third-order valence-corrected chi connectivity index (χ3v) is 5.67. The van der Waals surface area contributed by atoms with E-state index in [9.17, 15) is 9.18 Å². The lowest BCUT2D eigenvalue weighted by molar-refractivity contribution is 0.0789. The molecule has 1 aromatic heterocycles. The molecule has 1 atom stereocenters. The summed E-state index contributed by atoms with van der Waals surface area (Å²) in [5, 5.41) is 7.68. The molecule has 0 saturated carbocycles. The summed E-state index contributed by atoms with van der Waals surface area (Å²) in [5.41, 5.74) is 2.27. The zero-order valence-corrected chi connectivity index (χ0v) is 19.8. The van der Waals surface area contributed by atoms with Gasteiger partial charge in [0.1, 0.15) is 5.69 Å². The smallest absolute Gasteiger partial charge is 0.317 e. The van der Waals surface area contributed by atoms with E-state index in [1.165, 1.54) is 6.07 Å². The molecule has 1 saturated heterocycles. The minimum atomic E-state index is -0.468. The van der Waals surface area contributed by atoms with Gasteiger partial charge in [0, 0.05) is 31.8 Å². The van der Waals surface area contributed by atoms with Crippen LogP contribution in [0.1, 0.15) is 32.3 Å². The second-order valence-corrected chi connectivity index (χ2v) is 8.77. The number of benzene rings is 2. The summed E-state index contributed by atoms with van der Waals surface area (Å²) in [4.78, 5) is 14.9. The summed E-state index contributed by atoms with van der Waals surface area (Å²) in [6.07, 6.45) is 1.86. The number of aromatic nitrogens is 2. The lowest BCUT2D eigenvalue weighted by atomic mass is 10.1. The van der Waals surface area contributed by atoms with E-state index >= 15 is 0 Å². The number of nitrogens with one attached hydrogen (secondary N) is 1. The van der Waals surface area contributed by atoms with Crippen molar-refractivity contribution >= 4 is 6.03 Å². The molecule has 0 unspecified atom stereocenters. The first-order valence-electron chi connectivity index (χ1n) is 11.6. The van der Waals surface area contributed by atoms with Crippen molar-refractivity contribution in [1.29, 1.82) is 0 Å². The van der Waals surface area contributed by atoms with Crippen molar-refractivity contribution in [3.8, 4) is 22.9 Å². The predicted molar refractivity (Wildman–Crippen MR) is 128 cm³/mol. The van der Waals surface area contributed by atoms with Crippen LogP contribution in [0.5, 0.6) is 11.6 Å². The van der Waals surface area contributed by atoms with Crippen molar-refractivity contribution in [1.82, 2.24) is 20.0 Å². The first kappa shape index (κ1) is 23.8. The van der Waals surface area contributed by atoms with Crippen LogP contribution < -0.4 is 10.1 Å². The zero-order valence-electron chi connectivity index (χ0n) is 19.8. The lowest BCUT2D eigenvalue weighted by Gasteiger charge is -2.27. The number of rotatable bonds is 8. The molecule has 0 spiro atoms. The van der Waals surface area contributed by atoms with Crippen molar-refractivity contribution in [3.05, 3.63) is 66.0 Å². The van der Waals surface area contributed by atoms with Crippen LogP contribution in [-0.2, 0) is 18.3 Å². The van der Waals surface area contributed by atoms with Crippen molar-refractivity contribution in [3.63, 3.8) is 0 Å². The van der Waals surface area contributed by atoms with Gasteiger partial charge >= 0.3 is 6.03 Å². The topological polar surface area (TPSA) is 68.6 Å². The number of hydrogen-bond donors (Lipinski definition) is 1. The van der Waals surface area contributed by atoms with Crippen LogP contribution >= 0.6 is 0 Å². The van der Waals surface area contributed by atoms with Crippen molar-refractivity contribution in [2.24, 2.45) is 7.05 Å². The second-order valence-electron chi connectivity index (χ2n) is 8.77. The number of nitrogens with zero attached hydrogens (tertiary/aromatic N) is 3. The van der Waals surface area contributed by atoms with E-state index in [1.54, 1.807) is 34.8 Å². The number of ether oxygens (including phenoxy) is 2. The Labute approximate surface area is 199 Å². The van der Waals surface area contributed by atoms with Crippen LogP contribution in [0, 0.1) is 5.82 Å². The highest BCUT2D eigenvalue weighted by Crippen LogP contribution is 2.35. The molecular formula is C26H31FN4O3. The predicted octanol–water partition coefficient (Wildman–Crippen LogP) is 5.12. The summed E-state index contributed by atoms with van der Waals surface area (Å²) < 4.78 is 27.9. The van der Waals surface area contributed by atoms with Crippen molar-refractivity contribution in [2.45, 2.75) is 45.4 Å². The summed E-state index contributed by atoms with van der Waals surface area (Å²) in [6.45, 7) is 5.23. The molecule has 8 heteroatoms. The van der Waals surface area contributed by atoms with Gasteiger partial charge in [0.15, 0.2) is 11.6 Å². The van der Waals surface area contributed by atoms with Gasteiger partial charge in [-0.25, -0.2) is 13.9 Å². The number of amides is 2. The third-order valence-electron chi connectivity index (χ3n) is 5.67. The van der Waals surface area contributed by atoms with E-state index in [2.05, 4.69) is 5.32 Å². The molecule has 1 aliphatic heterocycles. The Bertz CT molecular complexity index is 1110. The van der Waals surface area contributed by atoms with Gasteiger partial charge in [0.25, 0.3) is 0 Å². The van der Waals surface area contributed by atoms with Crippen LogP contribution in [0.4, 0.5) is 9.18 Å². The highest BCUT2D eigenvalue weighted by molar-refractivity contribution is 5.75. The van der Waals surface area contributed by atoms with E-state index in [0.29, 0.717) is 30.3 Å². The van der Waals surface area contributed by atoms with E-state index in [0.717, 1.165) is 18.4 Å². The van der Waals surface area contributed by atoms with Crippen LogP contribution in [0.15, 0.2) is 54.6 Å². The average molecular weight is 467 g/mol. The van der Waals surface area contributed by atoms with Crippen LogP contribution in [0.2, 0.25) is 0 Å². The number of carbonyl (C=O) groups excluding carboxylic acids is 1. The van der Waals surface area contributed by atoms with Gasteiger partial charge in [0.2, 0.25) is 5.88 Å². The molecule has 3 aromatic rings.